The van der Waals surface area contributed by atoms with Crippen molar-refractivity contribution in [1.29, 1.82) is 0 Å². The van der Waals surface area contributed by atoms with Crippen molar-refractivity contribution in [2.24, 2.45) is 0 Å². The molecule has 0 spiro atoms. The van der Waals surface area contributed by atoms with E-state index in [4.69, 9.17) is 14.2 Å². The molecular weight excluding hydrogens is 251 g/mol. The predicted octanol–water partition coefficient (Wildman–Crippen LogP) is 3.16. The Labute approximate surface area is 108 Å². The highest BCUT2D eigenvalue weighted by molar-refractivity contribution is 5.79. The minimum absolute atomic E-state index is 0.101. The second-order valence-corrected chi connectivity index (χ2v) is 3.89. The fourth-order valence-corrected chi connectivity index (χ4v) is 1.78. The fourth-order valence-electron chi connectivity index (χ4n) is 1.78. The number of carbonyl (C=O) groups is 1. The zero-order valence-electron chi connectivity index (χ0n) is 9.76. The molecule has 0 unspecified atom stereocenters. The van der Waals surface area contributed by atoms with Crippen LogP contribution in [0.1, 0.15) is 10.4 Å². The minimum Gasteiger partial charge on any atom is -0.454 e. The van der Waals surface area contributed by atoms with Gasteiger partial charge in [0.25, 0.3) is 0 Å². The van der Waals surface area contributed by atoms with Gasteiger partial charge in [0.1, 0.15) is 5.75 Å². The van der Waals surface area contributed by atoms with Crippen LogP contribution < -0.4 is 14.2 Å². The molecule has 3 rings (SSSR count). The number of hydrogen-bond acceptors (Lipinski definition) is 4. The molecule has 1 aliphatic rings. The molecule has 2 aromatic carbocycles. The molecule has 0 N–H and O–H groups in total. The van der Waals surface area contributed by atoms with Gasteiger partial charge in [0, 0.05) is 6.07 Å². The fraction of sp³-hybridized carbons (Fsp3) is 0.0714. The lowest BCUT2D eigenvalue weighted by molar-refractivity contribution is 0.112. The molecule has 0 fully saturated rings. The van der Waals surface area contributed by atoms with Gasteiger partial charge in [0.2, 0.25) is 6.79 Å². The lowest BCUT2D eigenvalue weighted by Crippen LogP contribution is -1.94. The Balaban J connectivity index is 1.95. The van der Waals surface area contributed by atoms with Crippen molar-refractivity contribution < 1.29 is 23.4 Å². The van der Waals surface area contributed by atoms with E-state index in [1.807, 2.05) is 0 Å². The molecule has 96 valence electrons. The average Bonchev–Trinajstić information content (AvgIpc) is 2.88. The number of fused-ring (bicyclic) bond motifs is 1. The Bertz CT molecular complexity index is 639. The van der Waals surface area contributed by atoms with Crippen LogP contribution in [-0.2, 0) is 0 Å². The smallest absolute Gasteiger partial charge is 0.231 e. The number of rotatable bonds is 3. The van der Waals surface area contributed by atoms with Crippen molar-refractivity contribution in [2.75, 3.05) is 6.79 Å². The Morgan fingerprint density at radius 2 is 2.00 bits per heavy atom. The van der Waals surface area contributed by atoms with Crippen LogP contribution >= 0.6 is 0 Å². The zero-order chi connectivity index (χ0) is 13.2. The van der Waals surface area contributed by atoms with E-state index < -0.39 is 5.82 Å². The summed E-state index contributed by atoms with van der Waals surface area (Å²) in [6, 6.07) is 9.04. The van der Waals surface area contributed by atoms with Crippen molar-refractivity contribution in [1.82, 2.24) is 0 Å². The van der Waals surface area contributed by atoms with Gasteiger partial charge >= 0.3 is 0 Å². The summed E-state index contributed by atoms with van der Waals surface area (Å²) in [5, 5.41) is 0. The molecule has 0 aliphatic carbocycles. The molecule has 1 aliphatic heterocycles. The third kappa shape index (κ3) is 2.10. The number of benzene rings is 2. The number of halogens is 1. The van der Waals surface area contributed by atoms with Gasteiger partial charge in [-0.25, -0.2) is 4.39 Å². The van der Waals surface area contributed by atoms with Crippen LogP contribution in [0.2, 0.25) is 0 Å². The summed E-state index contributed by atoms with van der Waals surface area (Å²) in [5.74, 6) is 0.814. The molecular formula is C14H9FO4. The second kappa shape index (κ2) is 4.61. The van der Waals surface area contributed by atoms with E-state index >= 15 is 0 Å². The summed E-state index contributed by atoms with van der Waals surface area (Å²) in [5.41, 5.74) is 0.151. The van der Waals surface area contributed by atoms with Crippen molar-refractivity contribution >= 4 is 6.29 Å². The van der Waals surface area contributed by atoms with Crippen molar-refractivity contribution in [2.45, 2.75) is 0 Å². The van der Waals surface area contributed by atoms with E-state index in [2.05, 4.69) is 0 Å². The summed E-state index contributed by atoms with van der Waals surface area (Å²) in [4.78, 5) is 10.9. The van der Waals surface area contributed by atoms with Crippen molar-refractivity contribution in [3.63, 3.8) is 0 Å². The number of carbonyl (C=O) groups excluding carboxylic acids is 1. The van der Waals surface area contributed by atoms with E-state index in [9.17, 15) is 9.18 Å². The first-order valence-corrected chi connectivity index (χ1v) is 5.59. The summed E-state index contributed by atoms with van der Waals surface area (Å²) >= 11 is 0. The Morgan fingerprint density at radius 1 is 1.16 bits per heavy atom. The van der Waals surface area contributed by atoms with Crippen LogP contribution in [0.5, 0.6) is 23.0 Å². The molecule has 0 radical (unpaired) electrons. The van der Waals surface area contributed by atoms with E-state index in [0.717, 1.165) is 0 Å². The van der Waals surface area contributed by atoms with Gasteiger partial charge in [0.05, 0.1) is 5.56 Å². The first kappa shape index (κ1) is 11.5. The lowest BCUT2D eigenvalue weighted by atomic mass is 10.2. The predicted molar refractivity (Wildman–Crippen MR) is 64.4 cm³/mol. The van der Waals surface area contributed by atoms with E-state index in [0.29, 0.717) is 23.5 Å². The van der Waals surface area contributed by atoms with Gasteiger partial charge in [-0.3, -0.25) is 4.79 Å². The minimum atomic E-state index is -0.595. The maximum Gasteiger partial charge on any atom is 0.231 e. The lowest BCUT2D eigenvalue weighted by Gasteiger charge is -2.09. The van der Waals surface area contributed by atoms with Gasteiger partial charge in [-0.1, -0.05) is 6.07 Å². The molecule has 0 aromatic heterocycles. The van der Waals surface area contributed by atoms with E-state index in [-0.39, 0.29) is 18.1 Å². The second-order valence-electron chi connectivity index (χ2n) is 3.89. The van der Waals surface area contributed by atoms with Gasteiger partial charge in [-0.2, -0.15) is 0 Å². The Hall–Kier alpha value is -2.56. The molecule has 1 heterocycles. The van der Waals surface area contributed by atoms with Gasteiger partial charge in [-0.05, 0) is 24.3 Å². The first-order chi connectivity index (χ1) is 9.28. The standard InChI is InChI=1S/C14H9FO4/c15-11-3-1-2-9(7-16)14(11)19-10-4-5-12-13(6-10)18-8-17-12/h1-7H,8H2. The van der Waals surface area contributed by atoms with Crippen molar-refractivity contribution in [3.05, 3.63) is 47.8 Å². The Morgan fingerprint density at radius 3 is 2.84 bits per heavy atom. The highest BCUT2D eigenvalue weighted by Gasteiger charge is 2.16. The maximum atomic E-state index is 13.7. The van der Waals surface area contributed by atoms with Crippen LogP contribution in [0.25, 0.3) is 0 Å². The normalized spacial score (nSPS) is 12.3. The molecule has 0 saturated carbocycles. The number of ether oxygens (including phenoxy) is 3. The number of aldehydes is 1. The SMILES string of the molecule is O=Cc1cccc(F)c1Oc1ccc2c(c1)OCO2. The molecule has 2 aromatic rings. The van der Waals surface area contributed by atoms with Crippen LogP contribution in [0.3, 0.4) is 0 Å². The van der Waals surface area contributed by atoms with Gasteiger partial charge < -0.3 is 14.2 Å². The number of para-hydroxylation sites is 1. The topological polar surface area (TPSA) is 44.8 Å². The van der Waals surface area contributed by atoms with E-state index in [1.54, 1.807) is 18.2 Å². The Kier molecular flexibility index (Phi) is 2.79. The molecule has 0 amide bonds. The molecule has 0 atom stereocenters. The highest BCUT2D eigenvalue weighted by Crippen LogP contribution is 2.37. The molecule has 19 heavy (non-hydrogen) atoms. The largest absolute Gasteiger partial charge is 0.454 e. The quantitative estimate of drug-likeness (QED) is 0.795. The van der Waals surface area contributed by atoms with Gasteiger partial charge in [0.15, 0.2) is 29.4 Å². The molecule has 0 bridgehead atoms. The third-order valence-electron chi connectivity index (χ3n) is 2.69. The summed E-state index contributed by atoms with van der Waals surface area (Å²) < 4.78 is 29.4. The monoisotopic (exact) mass is 260 g/mol. The average molecular weight is 260 g/mol. The van der Waals surface area contributed by atoms with Crippen LogP contribution in [-0.4, -0.2) is 13.1 Å². The zero-order valence-corrected chi connectivity index (χ0v) is 9.76. The summed E-state index contributed by atoms with van der Waals surface area (Å²) in [6.45, 7) is 0.151. The third-order valence-corrected chi connectivity index (χ3v) is 2.69. The van der Waals surface area contributed by atoms with Crippen molar-refractivity contribution in [3.8, 4) is 23.0 Å². The first-order valence-electron chi connectivity index (χ1n) is 5.59. The van der Waals surface area contributed by atoms with Crippen LogP contribution in [0.4, 0.5) is 4.39 Å². The molecule has 5 heteroatoms. The summed E-state index contributed by atoms with van der Waals surface area (Å²) in [7, 11) is 0. The van der Waals surface area contributed by atoms with E-state index in [1.165, 1.54) is 18.2 Å². The van der Waals surface area contributed by atoms with Crippen LogP contribution in [0, 0.1) is 5.82 Å². The molecule has 0 saturated heterocycles. The van der Waals surface area contributed by atoms with Gasteiger partial charge in [-0.15, -0.1) is 0 Å². The summed E-state index contributed by atoms with van der Waals surface area (Å²) in [6.07, 6.45) is 0.547. The molecule has 4 nitrogen and oxygen atoms in total. The number of hydrogen-bond donors (Lipinski definition) is 0. The highest BCUT2D eigenvalue weighted by atomic mass is 19.1. The van der Waals surface area contributed by atoms with Crippen LogP contribution in [0.15, 0.2) is 36.4 Å². The maximum absolute atomic E-state index is 13.7.